The van der Waals surface area contributed by atoms with E-state index >= 15 is 0 Å². The smallest absolute Gasteiger partial charge is 0.192 e. The second-order valence-electron chi connectivity index (χ2n) is 20.2. The highest BCUT2D eigenvalue weighted by atomic mass is 32.2. The Morgan fingerprint density at radius 1 is 0.877 bits per heavy atom. The number of aliphatic hydroxyl groups excluding tert-OH is 1. The highest BCUT2D eigenvalue weighted by molar-refractivity contribution is 7.91. The van der Waals surface area contributed by atoms with E-state index in [-0.39, 0.29) is 58.9 Å². The first-order valence-corrected chi connectivity index (χ1v) is 28.9. The fraction of sp³-hybridized carbons (Fsp3) is 0.778. The minimum atomic E-state index is -3.68. The molecule has 9 nitrogen and oxygen atoms in total. The van der Waals surface area contributed by atoms with Gasteiger partial charge in [0.15, 0.2) is 26.5 Å². The molecule has 1 aromatic rings. The third-order valence-corrected chi connectivity index (χ3v) is 24.7. The Morgan fingerprint density at radius 2 is 1.51 bits per heavy atom. The van der Waals surface area contributed by atoms with Gasteiger partial charge in [-0.3, -0.25) is 0 Å². The number of hydrogen-bond acceptors (Lipinski definition) is 9. The number of methoxy groups -OCH3 is 1. The first-order valence-electron chi connectivity index (χ1n) is 21.4. The van der Waals surface area contributed by atoms with Crippen molar-refractivity contribution < 1.29 is 41.3 Å². The highest BCUT2D eigenvalue weighted by Gasteiger charge is 2.50. The molecule has 1 aromatic carbocycles. The molecule has 0 spiro atoms. The molecule has 3 aliphatic rings. The van der Waals surface area contributed by atoms with Gasteiger partial charge in [0.25, 0.3) is 0 Å². The van der Waals surface area contributed by atoms with Crippen LogP contribution in [0.5, 0.6) is 0 Å². The van der Waals surface area contributed by atoms with E-state index in [1.807, 2.05) is 6.07 Å². The van der Waals surface area contributed by atoms with Crippen LogP contribution in [-0.2, 0) is 37.6 Å². The molecule has 0 aromatic heterocycles. The number of aliphatic hydroxyl groups is 1. The second kappa shape index (κ2) is 19.7. The molecule has 3 fully saturated rings. The first kappa shape index (κ1) is 48.5. The molecular formula is C45H78O9SSi2. The van der Waals surface area contributed by atoms with Crippen LogP contribution in [0.4, 0.5) is 0 Å². The van der Waals surface area contributed by atoms with Gasteiger partial charge in [0.1, 0.15) is 0 Å². The normalized spacial score (nSPS) is 29.9. The van der Waals surface area contributed by atoms with Gasteiger partial charge < -0.3 is 32.9 Å². The maximum atomic E-state index is 14.1. The molecule has 57 heavy (non-hydrogen) atoms. The van der Waals surface area contributed by atoms with Crippen molar-refractivity contribution in [1.29, 1.82) is 0 Å². The van der Waals surface area contributed by atoms with Crippen molar-refractivity contribution in [2.24, 2.45) is 11.8 Å². The predicted octanol–water partition coefficient (Wildman–Crippen LogP) is 9.67. The quantitative estimate of drug-likeness (QED) is 0.108. The molecular weight excluding hydrogens is 773 g/mol. The third kappa shape index (κ3) is 12.7. The van der Waals surface area contributed by atoms with E-state index in [0.29, 0.717) is 24.3 Å². The second-order valence-corrected chi connectivity index (χ2v) is 31.8. The molecule has 0 amide bonds. The zero-order valence-electron chi connectivity index (χ0n) is 37.5. The molecule has 3 aliphatic heterocycles. The first-order chi connectivity index (χ1) is 26.4. The van der Waals surface area contributed by atoms with Crippen molar-refractivity contribution in [3.63, 3.8) is 0 Å². The Labute approximate surface area is 348 Å². The summed E-state index contributed by atoms with van der Waals surface area (Å²) in [5.74, 6) is -0.324. The van der Waals surface area contributed by atoms with E-state index < -0.39 is 50.7 Å². The maximum Gasteiger partial charge on any atom is 0.192 e. The number of hydrogen-bond donors (Lipinski definition) is 1. The number of benzene rings is 1. The monoisotopic (exact) mass is 850 g/mol. The summed E-state index contributed by atoms with van der Waals surface area (Å²) in [5.41, 5.74) is 2.14. The summed E-state index contributed by atoms with van der Waals surface area (Å²) < 4.78 is 68.6. The Hall–Kier alpha value is -1.20. The van der Waals surface area contributed by atoms with Crippen molar-refractivity contribution >= 4 is 26.5 Å². The fourth-order valence-electron chi connectivity index (χ4n) is 8.08. The lowest BCUT2D eigenvalue weighted by molar-refractivity contribution is -0.0782. The Morgan fingerprint density at radius 3 is 2.11 bits per heavy atom. The van der Waals surface area contributed by atoms with Crippen LogP contribution in [0.2, 0.25) is 36.3 Å². The number of rotatable bonds is 19. The Kier molecular flexibility index (Phi) is 16.7. The summed E-state index contributed by atoms with van der Waals surface area (Å²) in [6, 6.07) is 8.68. The lowest BCUT2D eigenvalue weighted by Gasteiger charge is -2.42. The van der Waals surface area contributed by atoms with Gasteiger partial charge in [0, 0.05) is 32.5 Å². The fourth-order valence-corrected chi connectivity index (χ4v) is 12.1. The molecule has 0 saturated carbocycles. The van der Waals surface area contributed by atoms with Gasteiger partial charge in [-0.2, -0.15) is 0 Å². The molecule has 12 heteroatoms. The summed E-state index contributed by atoms with van der Waals surface area (Å²) >= 11 is 0. The average Bonchev–Trinajstić information content (AvgIpc) is 3.63. The van der Waals surface area contributed by atoms with Crippen LogP contribution in [0.1, 0.15) is 99.8 Å². The van der Waals surface area contributed by atoms with Gasteiger partial charge in [-0.05, 0) is 104 Å². The van der Waals surface area contributed by atoms with E-state index in [4.69, 9.17) is 27.8 Å². The maximum absolute atomic E-state index is 14.1. The molecule has 10 atom stereocenters. The molecule has 0 bridgehead atoms. The minimum absolute atomic E-state index is 0.000157. The van der Waals surface area contributed by atoms with Gasteiger partial charge in [0.2, 0.25) is 0 Å². The SMILES string of the molecule is C=C1C(C[C@@H]2O[C@H](CC(CO[Si](C)(C)C(C)(C)C)O[Si](C)(C)C(C)(C)C)[C@H](OC)[C@H]2CS(=O)(=O)c2ccccc2)O[C@@H](CC[C@@H]2O[C@@H](CCCO)CC2=C)C[C@H]1C. The van der Waals surface area contributed by atoms with Crippen LogP contribution >= 0.6 is 0 Å². The van der Waals surface area contributed by atoms with Gasteiger partial charge in [0.05, 0.1) is 66.1 Å². The van der Waals surface area contributed by atoms with Gasteiger partial charge in [-0.15, -0.1) is 0 Å². The molecule has 326 valence electrons. The molecule has 3 heterocycles. The van der Waals surface area contributed by atoms with Crippen molar-refractivity contribution in [2.45, 2.75) is 190 Å². The molecule has 1 N–H and O–H groups in total. The topological polar surface area (TPSA) is 110 Å². The van der Waals surface area contributed by atoms with Crippen LogP contribution in [0.3, 0.4) is 0 Å². The van der Waals surface area contributed by atoms with E-state index in [9.17, 15) is 13.5 Å². The molecule has 2 unspecified atom stereocenters. The van der Waals surface area contributed by atoms with Crippen LogP contribution in [0, 0.1) is 11.8 Å². The third-order valence-electron chi connectivity index (χ3n) is 13.8. The van der Waals surface area contributed by atoms with Crippen LogP contribution in [0.15, 0.2) is 59.5 Å². The molecule has 0 radical (unpaired) electrons. The van der Waals surface area contributed by atoms with E-state index in [2.05, 4.69) is 87.8 Å². The summed E-state index contributed by atoms with van der Waals surface area (Å²) in [7, 11) is -6.35. The zero-order valence-corrected chi connectivity index (χ0v) is 40.3. The average molecular weight is 851 g/mol. The zero-order chi connectivity index (χ0) is 42.6. The molecule has 0 aliphatic carbocycles. The lowest BCUT2D eigenvalue weighted by Crippen LogP contribution is -2.49. The Bertz CT molecular complexity index is 1570. The van der Waals surface area contributed by atoms with Crippen molar-refractivity contribution in [2.75, 3.05) is 26.1 Å². The highest BCUT2D eigenvalue weighted by Crippen LogP contribution is 2.44. The minimum Gasteiger partial charge on any atom is -0.414 e. The predicted molar refractivity (Wildman–Crippen MR) is 235 cm³/mol. The molecule has 4 rings (SSSR count). The summed E-state index contributed by atoms with van der Waals surface area (Å²) in [4.78, 5) is 0.297. The van der Waals surface area contributed by atoms with Gasteiger partial charge >= 0.3 is 0 Å². The van der Waals surface area contributed by atoms with E-state index in [1.165, 1.54) is 0 Å². The lowest BCUT2D eigenvalue weighted by atomic mass is 9.83. The van der Waals surface area contributed by atoms with Crippen molar-refractivity contribution in [3.8, 4) is 0 Å². The van der Waals surface area contributed by atoms with Crippen LogP contribution in [-0.4, -0.2) is 105 Å². The summed E-state index contributed by atoms with van der Waals surface area (Å²) in [5, 5.41) is 9.32. The summed E-state index contributed by atoms with van der Waals surface area (Å²) in [6.07, 6.45) is 4.12. The number of sulfone groups is 1. The van der Waals surface area contributed by atoms with Crippen LogP contribution < -0.4 is 0 Å². The number of ether oxygens (including phenoxy) is 4. The van der Waals surface area contributed by atoms with E-state index in [0.717, 1.165) is 49.7 Å². The van der Waals surface area contributed by atoms with Gasteiger partial charge in [-0.1, -0.05) is 79.8 Å². The van der Waals surface area contributed by atoms with Crippen molar-refractivity contribution in [3.05, 3.63) is 54.6 Å². The largest absolute Gasteiger partial charge is 0.414 e. The van der Waals surface area contributed by atoms with Crippen molar-refractivity contribution in [1.82, 2.24) is 0 Å². The molecule has 3 saturated heterocycles. The van der Waals surface area contributed by atoms with Gasteiger partial charge in [-0.25, -0.2) is 8.42 Å². The van der Waals surface area contributed by atoms with Crippen LogP contribution in [0.25, 0.3) is 0 Å². The Balaban J connectivity index is 1.59. The summed E-state index contributed by atoms with van der Waals surface area (Å²) in [6.45, 7) is 34.2. The standard InChI is InChI=1S/C45H78O9SSi2/c1-31-25-35(22-23-39-32(2)26-34(51-39)19-18-24-46)52-40(33(31)3)28-41-38(30-55(47,48)37-20-16-15-17-21-37)43(49-10)42(53-41)27-36(54-57(13,14)45(7,8)9)29-50-56(11,12)44(4,5)6/h15-17,20-21,31,34-36,38-43,46H,2-3,18-19,22-30H2,1,4-14H3/t31-,34+,35+,36?,38+,39+,40?,41+,42-,43-/m1/s1. The van der Waals surface area contributed by atoms with E-state index in [1.54, 1.807) is 31.4 Å².